The van der Waals surface area contributed by atoms with E-state index in [1.165, 1.54) is 0 Å². The minimum atomic E-state index is -3.42. The number of methoxy groups -OCH3 is 1. The first-order valence-electron chi connectivity index (χ1n) is 13.1. The van der Waals surface area contributed by atoms with Gasteiger partial charge in [-0.25, -0.2) is 0 Å². The van der Waals surface area contributed by atoms with Gasteiger partial charge in [-0.3, -0.25) is 14.4 Å². The molecule has 0 spiro atoms. The number of ether oxygens (including phenoxy) is 2. The lowest BCUT2D eigenvalue weighted by atomic mass is 9.47. The lowest BCUT2D eigenvalue weighted by molar-refractivity contribution is -0.387. The van der Waals surface area contributed by atoms with E-state index in [1.54, 1.807) is 91.0 Å². The van der Waals surface area contributed by atoms with Crippen LogP contribution >= 0.6 is 0 Å². The van der Waals surface area contributed by atoms with Crippen LogP contribution in [0.2, 0.25) is 0 Å². The van der Waals surface area contributed by atoms with Crippen LogP contribution in [0, 0.1) is 0 Å². The molecule has 4 rings (SSSR count). The summed E-state index contributed by atoms with van der Waals surface area (Å²) in [5.74, 6) is -3.25. The molecule has 216 valence electrons. The summed E-state index contributed by atoms with van der Waals surface area (Å²) in [5.41, 5.74) is -10.9. The minimum absolute atomic E-state index is 0.297. The molecule has 41 heavy (non-hydrogen) atoms. The number of benzene rings is 3. The van der Waals surface area contributed by atoms with E-state index in [-0.39, 0.29) is 0 Å². The molecule has 4 N–H and O–H groups in total. The van der Waals surface area contributed by atoms with Crippen LogP contribution in [0.5, 0.6) is 0 Å². The standard InChI is InChI=1S/C32H34O9/c1-20(33)26(36)27-32(39,31(38,22(3)35)30(37,21(2)34)28(40-4)41-27)29(23-14-8-5-9-15-23,24-16-10-6-11-17-24)25-18-12-7-13-19-25/h5-19,26-28,36-39H,1-4H3/t26?,27-,28+,30+,31-,32-/m1/s1. The number of Topliss-reactive ketones (excluding diaryl/α,β-unsaturated/α-hetero) is 3. The van der Waals surface area contributed by atoms with Gasteiger partial charge in [0.15, 0.2) is 34.8 Å². The van der Waals surface area contributed by atoms with E-state index in [0.29, 0.717) is 16.7 Å². The summed E-state index contributed by atoms with van der Waals surface area (Å²) in [4.78, 5) is 39.8. The molecule has 1 unspecified atom stereocenters. The zero-order valence-electron chi connectivity index (χ0n) is 23.2. The van der Waals surface area contributed by atoms with Gasteiger partial charge >= 0.3 is 0 Å². The van der Waals surface area contributed by atoms with Crippen LogP contribution in [-0.2, 0) is 29.3 Å². The van der Waals surface area contributed by atoms with Crippen molar-refractivity contribution >= 4 is 17.3 Å². The average Bonchev–Trinajstić information content (AvgIpc) is 2.97. The second kappa shape index (κ2) is 11.0. The fourth-order valence-electron chi connectivity index (χ4n) is 6.41. The number of aliphatic hydroxyl groups excluding tert-OH is 1. The molecule has 1 heterocycles. The smallest absolute Gasteiger partial charge is 0.212 e. The van der Waals surface area contributed by atoms with Gasteiger partial charge in [-0.2, -0.15) is 0 Å². The van der Waals surface area contributed by atoms with Crippen LogP contribution in [0.15, 0.2) is 91.0 Å². The number of rotatable bonds is 9. The highest BCUT2D eigenvalue weighted by Gasteiger charge is 2.83. The Bertz CT molecular complexity index is 1310. The number of hydrogen-bond donors (Lipinski definition) is 4. The van der Waals surface area contributed by atoms with Crippen molar-refractivity contribution in [3.63, 3.8) is 0 Å². The number of aliphatic hydroxyl groups is 4. The maximum absolute atomic E-state index is 13.8. The van der Waals surface area contributed by atoms with Crippen LogP contribution in [0.25, 0.3) is 0 Å². The average molecular weight is 563 g/mol. The molecule has 0 aliphatic carbocycles. The lowest BCUT2D eigenvalue weighted by Crippen LogP contribution is -2.89. The molecule has 9 nitrogen and oxygen atoms in total. The van der Waals surface area contributed by atoms with E-state index in [0.717, 1.165) is 27.9 Å². The quantitative estimate of drug-likeness (QED) is 0.286. The number of hydrogen-bond acceptors (Lipinski definition) is 9. The van der Waals surface area contributed by atoms with Crippen molar-refractivity contribution < 1.29 is 44.3 Å². The first-order valence-corrected chi connectivity index (χ1v) is 13.1. The Morgan fingerprint density at radius 1 is 0.756 bits per heavy atom. The maximum Gasteiger partial charge on any atom is 0.212 e. The Balaban J connectivity index is 2.36. The third-order valence-corrected chi connectivity index (χ3v) is 8.28. The predicted molar refractivity (Wildman–Crippen MR) is 148 cm³/mol. The van der Waals surface area contributed by atoms with Crippen molar-refractivity contribution in [3.05, 3.63) is 108 Å². The molecule has 0 radical (unpaired) electrons. The van der Waals surface area contributed by atoms with Crippen molar-refractivity contribution in [2.24, 2.45) is 0 Å². The SMILES string of the molecule is CO[C@H]1O[C@H](C(O)C(C)=O)[C@@](O)(C(c2ccccc2)(c2ccccc2)c2ccccc2)[C@@](O)(C(C)=O)[C@]1(O)C(C)=O. The highest BCUT2D eigenvalue weighted by atomic mass is 16.7. The molecule has 0 saturated carbocycles. The number of ketones is 3. The van der Waals surface area contributed by atoms with E-state index in [4.69, 9.17) is 9.47 Å². The summed E-state index contributed by atoms with van der Waals surface area (Å²) in [6, 6.07) is 24.9. The Morgan fingerprint density at radius 2 is 1.15 bits per heavy atom. The summed E-state index contributed by atoms with van der Waals surface area (Å²) in [5, 5.41) is 49.6. The minimum Gasteiger partial charge on any atom is -0.382 e. The van der Waals surface area contributed by atoms with Crippen LogP contribution < -0.4 is 0 Å². The van der Waals surface area contributed by atoms with Gasteiger partial charge in [0, 0.05) is 7.11 Å². The van der Waals surface area contributed by atoms with Crippen molar-refractivity contribution in [1.29, 1.82) is 0 Å². The summed E-state index contributed by atoms with van der Waals surface area (Å²) >= 11 is 0. The molecule has 0 amide bonds. The van der Waals surface area contributed by atoms with E-state index in [2.05, 4.69) is 0 Å². The summed E-state index contributed by atoms with van der Waals surface area (Å²) in [7, 11) is 1.06. The highest BCUT2D eigenvalue weighted by molar-refractivity contribution is 6.00. The van der Waals surface area contributed by atoms with E-state index < -0.39 is 58.1 Å². The number of carbonyl (C=O) groups excluding carboxylic acids is 3. The van der Waals surface area contributed by atoms with E-state index in [9.17, 15) is 34.8 Å². The molecular formula is C32H34O9. The number of carbonyl (C=O) groups is 3. The maximum atomic E-state index is 13.8. The summed E-state index contributed by atoms with van der Waals surface area (Å²) in [6.07, 6.45) is -6.32. The lowest BCUT2D eigenvalue weighted by Gasteiger charge is -2.65. The second-order valence-electron chi connectivity index (χ2n) is 10.4. The topological polar surface area (TPSA) is 151 Å². The van der Waals surface area contributed by atoms with Crippen LogP contribution in [0.3, 0.4) is 0 Å². The largest absolute Gasteiger partial charge is 0.382 e. The Kier molecular flexibility index (Phi) is 8.17. The van der Waals surface area contributed by atoms with Crippen molar-refractivity contribution in [2.45, 2.75) is 61.5 Å². The van der Waals surface area contributed by atoms with Gasteiger partial charge < -0.3 is 29.9 Å². The van der Waals surface area contributed by atoms with E-state index in [1.807, 2.05) is 0 Å². The molecule has 0 bridgehead atoms. The molecule has 1 aliphatic rings. The molecule has 3 aromatic carbocycles. The fourth-order valence-corrected chi connectivity index (χ4v) is 6.41. The molecular weight excluding hydrogens is 528 g/mol. The zero-order valence-corrected chi connectivity index (χ0v) is 23.2. The predicted octanol–water partition coefficient (Wildman–Crippen LogP) is 1.71. The third-order valence-electron chi connectivity index (χ3n) is 8.28. The summed E-state index contributed by atoms with van der Waals surface area (Å²) in [6.45, 7) is 2.87. The van der Waals surface area contributed by atoms with Gasteiger partial charge in [-0.05, 0) is 37.5 Å². The molecule has 3 aromatic rings. The van der Waals surface area contributed by atoms with Crippen LogP contribution in [0.1, 0.15) is 37.5 Å². The van der Waals surface area contributed by atoms with Crippen LogP contribution in [-0.4, -0.2) is 80.2 Å². The summed E-state index contributed by atoms with van der Waals surface area (Å²) < 4.78 is 11.2. The monoisotopic (exact) mass is 562 g/mol. The molecule has 0 aromatic heterocycles. The molecule has 1 saturated heterocycles. The second-order valence-corrected chi connectivity index (χ2v) is 10.4. The van der Waals surface area contributed by atoms with Crippen LogP contribution in [0.4, 0.5) is 0 Å². The van der Waals surface area contributed by atoms with Crippen molar-refractivity contribution in [1.82, 2.24) is 0 Å². The Morgan fingerprint density at radius 3 is 1.44 bits per heavy atom. The van der Waals surface area contributed by atoms with Gasteiger partial charge in [0.05, 0.1) is 5.41 Å². The third kappa shape index (κ3) is 4.04. The van der Waals surface area contributed by atoms with Crippen molar-refractivity contribution in [2.75, 3.05) is 7.11 Å². The molecule has 6 atom stereocenters. The molecule has 9 heteroatoms. The highest BCUT2D eigenvalue weighted by Crippen LogP contribution is 2.60. The zero-order chi connectivity index (χ0) is 30.2. The fraction of sp³-hybridized carbons (Fsp3) is 0.344. The van der Waals surface area contributed by atoms with Gasteiger partial charge in [0.25, 0.3) is 0 Å². The first-order chi connectivity index (χ1) is 19.4. The van der Waals surface area contributed by atoms with Gasteiger partial charge in [-0.15, -0.1) is 0 Å². The van der Waals surface area contributed by atoms with Gasteiger partial charge in [-0.1, -0.05) is 91.0 Å². The Labute approximate surface area is 238 Å². The Hall–Kier alpha value is -3.57. The normalized spacial score (nSPS) is 29.0. The van der Waals surface area contributed by atoms with Gasteiger partial charge in [0.1, 0.15) is 12.2 Å². The van der Waals surface area contributed by atoms with Crippen molar-refractivity contribution in [3.8, 4) is 0 Å². The van der Waals surface area contributed by atoms with E-state index >= 15 is 0 Å². The first kappa shape index (κ1) is 30.4. The van der Waals surface area contributed by atoms with Gasteiger partial charge in [0.2, 0.25) is 5.60 Å². The molecule has 1 aliphatic heterocycles. The molecule has 1 fully saturated rings.